The fourth-order valence-electron chi connectivity index (χ4n) is 4.20. The first-order chi connectivity index (χ1) is 10.2. The molecule has 0 radical (unpaired) electrons. The van der Waals surface area contributed by atoms with Gasteiger partial charge in [-0.2, -0.15) is 0 Å². The van der Waals surface area contributed by atoms with Crippen molar-refractivity contribution in [1.82, 2.24) is 5.32 Å². The molecule has 0 heterocycles. The van der Waals surface area contributed by atoms with Crippen LogP contribution in [0.25, 0.3) is 0 Å². The maximum atomic E-state index is 11.9. The lowest BCUT2D eigenvalue weighted by atomic mass is 9.84. The van der Waals surface area contributed by atoms with E-state index >= 15 is 0 Å². The number of aliphatic carboxylic acids is 1. The molecule has 2 unspecified atom stereocenters. The predicted molar refractivity (Wildman–Crippen MR) is 81.3 cm³/mol. The second-order valence-corrected chi connectivity index (χ2v) is 7.20. The average molecular weight is 295 g/mol. The summed E-state index contributed by atoms with van der Waals surface area (Å²) >= 11 is 0. The van der Waals surface area contributed by atoms with Crippen molar-refractivity contribution >= 4 is 5.97 Å². The summed E-state index contributed by atoms with van der Waals surface area (Å²) < 4.78 is 6.02. The zero-order valence-corrected chi connectivity index (χ0v) is 13.0. The second-order valence-electron chi connectivity index (χ2n) is 7.20. The Kier molecular flexibility index (Phi) is 4.85. The van der Waals surface area contributed by atoms with Gasteiger partial charge in [0.1, 0.15) is 5.54 Å². The second kappa shape index (κ2) is 6.66. The number of ether oxygens (including phenoxy) is 1. The van der Waals surface area contributed by atoms with Crippen LogP contribution in [0.4, 0.5) is 0 Å². The molecule has 21 heavy (non-hydrogen) atoms. The number of hydrogen-bond donors (Lipinski definition) is 2. The molecule has 3 aliphatic carbocycles. The fourth-order valence-corrected chi connectivity index (χ4v) is 4.20. The molecular weight excluding hydrogens is 266 g/mol. The van der Waals surface area contributed by atoms with Crippen LogP contribution in [-0.2, 0) is 9.53 Å². The van der Waals surface area contributed by atoms with Crippen molar-refractivity contribution in [3.63, 3.8) is 0 Å². The Bertz CT molecular complexity index is 363. The van der Waals surface area contributed by atoms with E-state index in [0.717, 1.165) is 45.1 Å². The van der Waals surface area contributed by atoms with Gasteiger partial charge in [-0.3, -0.25) is 10.1 Å². The van der Waals surface area contributed by atoms with Crippen LogP contribution < -0.4 is 5.32 Å². The summed E-state index contributed by atoms with van der Waals surface area (Å²) in [6, 6.07) is 0.445. The van der Waals surface area contributed by atoms with Crippen LogP contribution in [0.5, 0.6) is 0 Å². The summed E-state index contributed by atoms with van der Waals surface area (Å²) in [5.41, 5.74) is -0.670. The van der Waals surface area contributed by atoms with Gasteiger partial charge in [0.25, 0.3) is 0 Å². The van der Waals surface area contributed by atoms with E-state index in [-0.39, 0.29) is 5.92 Å². The van der Waals surface area contributed by atoms with Crippen LogP contribution in [0, 0.1) is 5.92 Å². The SMILES string of the molecule is O=C(O)C1(NC2CC2)CCCC1CCOC1CCCCC1. The van der Waals surface area contributed by atoms with Crippen LogP contribution in [0.15, 0.2) is 0 Å². The maximum Gasteiger partial charge on any atom is 0.324 e. The Morgan fingerprint density at radius 3 is 2.52 bits per heavy atom. The van der Waals surface area contributed by atoms with Gasteiger partial charge < -0.3 is 9.84 Å². The van der Waals surface area contributed by atoms with E-state index in [2.05, 4.69) is 5.32 Å². The van der Waals surface area contributed by atoms with Crippen LogP contribution in [0.3, 0.4) is 0 Å². The van der Waals surface area contributed by atoms with Gasteiger partial charge in [-0.05, 0) is 50.9 Å². The molecule has 0 bridgehead atoms. The molecule has 2 atom stereocenters. The van der Waals surface area contributed by atoms with Gasteiger partial charge in [0.05, 0.1) is 6.10 Å². The maximum absolute atomic E-state index is 11.9. The molecule has 0 saturated heterocycles. The van der Waals surface area contributed by atoms with Gasteiger partial charge in [0.2, 0.25) is 0 Å². The molecule has 4 heteroatoms. The van der Waals surface area contributed by atoms with E-state index in [9.17, 15) is 9.90 Å². The third-order valence-electron chi connectivity index (χ3n) is 5.61. The molecule has 0 amide bonds. The Morgan fingerprint density at radius 1 is 1.10 bits per heavy atom. The summed E-state index contributed by atoms with van der Waals surface area (Å²) in [6.45, 7) is 0.733. The summed E-state index contributed by atoms with van der Waals surface area (Å²) in [4.78, 5) is 11.9. The van der Waals surface area contributed by atoms with Crippen molar-refractivity contribution in [1.29, 1.82) is 0 Å². The van der Waals surface area contributed by atoms with Crippen molar-refractivity contribution in [3.8, 4) is 0 Å². The van der Waals surface area contributed by atoms with Gasteiger partial charge >= 0.3 is 5.97 Å². The Morgan fingerprint density at radius 2 is 1.86 bits per heavy atom. The normalized spacial score (nSPS) is 34.2. The highest BCUT2D eigenvalue weighted by molar-refractivity contribution is 5.80. The van der Waals surface area contributed by atoms with Crippen molar-refractivity contribution < 1.29 is 14.6 Å². The molecular formula is C17H29NO3. The molecule has 0 aromatic rings. The van der Waals surface area contributed by atoms with Gasteiger partial charge in [-0.25, -0.2) is 0 Å². The molecule has 120 valence electrons. The smallest absolute Gasteiger partial charge is 0.324 e. The third kappa shape index (κ3) is 3.59. The lowest BCUT2D eigenvalue weighted by molar-refractivity contribution is -0.147. The Labute approximate surface area is 127 Å². The van der Waals surface area contributed by atoms with Crippen LogP contribution in [0.1, 0.15) is 70.6 Å². The van der Waals surface area contributed by atoms with Crippen molar-refractivity contribution in [2.75, 3.05) is 6.61 Å². The van der Waals surface area contributed by atoms with E-state index in [1.807, 2.05) is 0 Å². The number of hydrogen-bond acceptors (Lipinski definition) is 3. The Balaban J connectivity index is 1.51. The molecule has 0 aliphatic heterocycles. The zero-order chi connectivity index (χ0) is 14.7. The highest BCUT2D eigenvalue weighted by atomic mass is 16.5. The molecule has 3 rings (SSSR count). The van der Waals surface area contributed by atoms with E-state index in [1.54, 1.807) is 0 Å². The fraction of sp³-hybridized carbons (Fsp3) is 0.941. The first-order valence-electron chi connectivity index (χ1n) is 8.83. The molecule has 0 aromatic carbocycles. The van der Waals surface area contributed by atoms with Crippen molar-refractivity contribution in [2.24, 2.45) is 5.92 Å². The van der Waals surface area contributed by atoms with Gasteiger partial charge in [0, 0.05) is 12.6 Å². The van der Waals surface area contributed by atoms with Gasteiger partial charge in [-0.1, -0.05) is 25.7 Å². The minimum atomic E-state index is -0.670. The van der Waals surface area contributed by atoms with Crippen LogP contribution >= 0.6 is 0 Å². The quantitative estimate of drug-likeness (QED) is 0.757. The summed E-state index contributed by atoms with van der Waals surface area (Å²) in [5.74, 6) is -0.409. The number of carboxylic acid groups (broad SMARTS) is 1. The van der Waals surface area contributed by atoms with Crippen molar-refractivity contribution in [2.45, 2.75) is 88.3 Å². The monoisotopic (exact) mass is 295 g/mol. The average Bonchev–Trinajstić information content (AvgIpc) is 3.20. The topological polar surface area (TPSA) is 58.6 Å². The lowest BCUT2D eigenvalue weighted by Crippen LogP contribution is -2.55. The number of nitrogens with one attached hydrogen (secondary N) is 1. The standard InChI is InChI=1S/C17H29NO3/c19-16(20)17(18-14-8-9-14)11-4-5-13(17)10-12-21-15-6-2-1-3-7-15/h13-15,18H,1-12H2,(H,19,20). The first-order valence-corrected chi connectivity index (χ1v) is 8.83. The highest BCUT2D eigenvalue weighted by Gasteiger charge is 2.51. The number of carboxylic acids is 1. The molecule has 0 spiro atoms. The van der Waals surface area contributed by atoms with Crippen LogP contribution in [-0.4, -0.2) is 35.4 Å². The van der Waals surface area contributed by atoms with E-state index in [1.165, 1.54) is 32.1 Å². The molecule has 3 saturated carbocycles. The van der Waals surface area contributed by atoms with Crippen LogP contribution in [0.2, 0.25) is 0 Å². The number of carbonyl (C=O) groups is 1. The number of rotatable bonds is 7. The molecule has 3 fully saturated rings. The van der Waals surface area contributed by atoms with Gasteiger partial charge in [0.15, 0.2) is 0 Å². The summed E-state index contributed by atoms with van der Waals surface area (Å²) in [5, 5.41) is 13.2. The molecule has 2 N–H and O–H groups in total. The predicted octanol–water partition coefficient (Wildman–Crippen LogP) is 3.10. The molecule has 0 aromatic heterocycles. The molecule has 3 aliphatic rings. The lowest BCUT2D eigenvalue weighted by Gasteiger charge is -2.33. The highest BCUT2D eigenvalue weighted by Crippen LogP contribution is 2.41. The molecule has 4 nitrogen and oxygen atoms in total. The Hall–Kier alpha value is -0.610. The van der Waals surface area contributed by atoms with E-state index in [4.69, 9.17) is 4.74 Å². The summed E-state index contributed by atoms with van der Waals surface area (Å²) in [6.07, 6.45) is 12.7. The largest absolute Gasteiger partial charge is 0.480 e. The third-order valence-corrected chi connectivity index (χ3v) is 5.61. The minimum absolute atomic E-state index is 0.235. The minimum Gasteiger partial charge on any atom is -0.480 e. The van der Waals surface area contributed by atoms with Crippen molar-refractivity contribution in [3.05, 3.63) is 0 Å². The van der Waals surface area contributed by atoms with E-state index in [0.29, 0.717) is 12.1 Å². The van der Waals surface area contributed by atoms with E-state index < -0.39 is 11.5 Å². The summed E-state index contributed by atoms with van der Waals surface area (Å²) in [7, 11) is 0. The zero-order valence-electron chi connectivity index (χ0n) is 13.0. The first kappa shape index (κ1) is 15.3. The van der Waals surface area contributed by atoms with Gasteiger partial charge in [-0.15, -0.1) is 0 Å².